The van der Waals surface area contributed by atoms with Gasteiger partial charge in [0.1, 0.15) is 0 Å². The van der Waals surface area contributed by atoms with Gasteiger partial charge in [0.25, 0.3) is 0 Å². The van der Waals surface area contributed by atoms with Gasteiger partial charge in [0, 0.05) is 0 Å². The molecule has 6 aliphatic rings. The summed E-state index contributed by atoms with van der Waals surface area (Å²) in [6, 6.07) is 0. The van der Waals surface area contributed by atoms with E-state index in [-0.39, 0.29) is 10.8 Å². The molecule has 0 aliphatic heterocycles. The summed E-state index contributed by atoms with van der Waals surface area (Å²) in [5.41, 5.74) is 12.4. The summed E-state index contributed by atoms with van der Waals surface area (Å²) < 4.78 is 3.47. The van der Waals surface area contributed by atoms with Crippen molar-refractivity contribution in [2.75, 3.05) is 0 Å². The Morgan fingerprint density at radius 1 is 0.677 bits per heavy atom. The SMILES string of the molecule is CC1=CC23C=C[C]([Zr][C]4=C5CCC=C6C(C)=CC(C)=CC65C=C4)=C2CCC=C3C(C)=C1. The van der Waals surface area contributed by atoms with Crippen molar-refractivity contribution >= 4 is 0 Å². The Morgan fingerprint density at radius 2 is 1.13 bits per heavy atom. The first-order chi connectivity index (χ1) is 14.9. The molecule has 0 saturated heterocycles. The van der Waals surface area contributed by atoms with Crippen LogP contribution in [0.25, 0.3) is 0 Å². The number of hydrogen-bond donors (Lipinski definition) is 0. The molecule has 2 spiro atoms. The van der Waals surface area contributed by atoms with Crippen LogP contribution >= 0.6 is 0 Å². The fourth-order valence-electron chi connectivity index (χ4n) is 6.94. The molecule has 2 unspecified atom stereocenters. The van der Waals surface area contributed by atoms with Crippen molar-refractivity contribution in [1.82, 2.24) is 0 Å². The van der Waals surface area contributed by atoms with Crippen LogP contribution in [-0.2, 0) is 23.2 Å². The number of hydrogen-bond acceptors (Lipinski definition) is 0. The molecule has 0 heterocycles. The van der Waals surface area contributed by atoms with E-state index in [2.05, 4.69) is 88.5 Å². The molecule has 31 heavy (non-hydrogen) atoms. The summed E-state index contributed by atoms with van der Waals surface area (Å²) in [6.45, 7) is 9.14. The molecule has 0 fully saturated rings. The molecule has 0 radical (unpaired) electrons. The zero-order chi connectivity index (χ0) is 21.4. The van der Waals surface area contributed by atoms with Crippen molar-refractivity contribution < 1.29 is 23.2 Å². The first-order valence-corrected chi connectivity index (χ1v) is 14.2. The van der Waals surface area contributed by atoms with Crippen molar-refractivity contribution in [3.8, 4) is 0 Å². The summed E-state index contributed by atoms with van der Waals surface area (Å²) in [5.74, 6) is 0. The van der Waals surface area contributed by atoms with Gasteiger partial charge < -0.3 is 0 Å². The molecule has 0 aromatic heterocycles. The van der Waals surface area contributed by atoms with Crippen molar-refractivity contribution in [3.05, 3.63) is 112 Å². The average Bonchev–Trinajstić information content (AvgIpc) is 3.25. The molecular weight excluding hydrogens is 452 g/mol. The van der Waals surface area contributed by atoms with Crippen LogP contribution in [0.4, 0.5) is 0 Å². The van der Waals surface area contributed by atoms with Gasteiger partial charge in [-0.2, -0.15) is 0 Å². The molecule has 0 aromatic carbocycles. The molecule has 0 N–H and O–H groups in total. The molecule has 1 heteroatoms. The maximum absolute atomic E-state index is 2.54. The third kappa shape index (κ3) is 2.75. The summed E-state index contributed by atoms with van der Waals surface area (Å²) >= 11 is -0.861. The Morgan fingerprint density at radius 3 is 1.58 bits per heavy atom. The Bertz CT molecular complexity index is 1130. The summed E-state index contributed by atoms with van der Waals surface area (Å²) in [4.78, 5) is 0. The molecule has 6 rings (SSSR count). The van der Waals surface area contributed by atoms with Gasteiger partial charge in [0.15, 0.2) is 0 Å². The van der Waals surface area contributed by atoms with Crippen LogP contribution in [-0.4, -0.2) is 0 Å². The first kappa shape index (κ1) is 19.9. The predicted octanol–water partition coefficient (Wildman–Crippen LogP) is 7.94. The third-order valence-corrected chi connectivity index (χ3v) is 11.6. The van der Waals surface area contributed by atoms with Gasteiger partial charge in [-0.1, -0.05) is 0 Å². The predicted molar refractivity (Wildman–Crippen MR) is 127 cm³/mol. The van der Waals surface area contributed by atoms with E-state index >= 15 is 0 Å². The van der Waals surface area contributed by atoms with Gasteiger partial charge in [0.05, 0.1) is 0 Å². The summed E-state index contributed by atoms with van der Waals surface area (Å²) in [6.07, 6.45) is 29.8. The van der Waals surface area contributed by atoms with Crippen LogP contribution in [0, 0.1) is 10.8 Å². The van der Waals surface area contributed by atoms with Crippen molar-refractivity contribution in [2.24, 2.45) is 10.8 Å². The second-order valence-electron chi connectivity index (χ2n) is 10.1. The Labute approximate surface area is 198 Å². The molecular formula is C30H30Zr. The second kappa shape index (κ2) is 6.89. The van der Waals surface area contributed by atoms with E-state index in [1.165, 1.54) is 48.0 Å². The molecule has 6 aliphatic carbocycles. The molecule has 0 bridgehead atoms. The zero-order valence-electron chi connectivity index (χ0n) is 19.1. The molecule has 0 nitrogen and oxygen atoms in total. The second-order valence-corrected chi connectivity index (χ2v) is 13.3. The molecule has 0 amide bonds. The van der Waals surface area contributed by atoms with Crippen LogP contribution in [0.2, 0.25) is 0 Å². The van der Waals surface area contributed by atoms with E-state index in [9.17, 15) is 0 Å². The Balaban J connectivity index is 1.43. The van der Waals surface area contributed by atoms with Gasteiger partial charge in [-0.15, -0.1) is 0 Å². The van der Waals surface area contributed by atoms with Crippen molar-refractivity contribution in [2.45, 2.75) is 53.4 Å². The van der Waals surface area contributed by atoms with Crippen LogP contribution in [0.1, 0.15) is 53.4 Å². The van der Waals surface area contributed by atoms with Gasteiger partial charge in [-0.3, -0.25) is 0 Å². The normalized spacial score (nSPS) is 32.9. The first-order valence-electron chi connectivity index (χ1n) is 11.7. The van der Waals surface area contributed by atoms with Crippen molar-refractivity contribution in [1.29, 1.82) is 0 Å². The summed E-state index contributed by atoms with van der Waals surface area (Å²) in [5, 5.41) is 0. The van der Waals surface area contributed by atoms with Gasteiger partial charge in [-0.05, 0) is 0 Å². The van der Waals surface area contributed by atoms with Crippen molar-refractivity contribution in [3.63, 3.8) is 0 Å². The Kier molecular flexibility index (Phi) is 4.43. The van der Waals surface area contributed by atoms with E-state index in [1.54, 1.807) is 28.9 Å². The van der Waals surface area contributed by atoms with Gasteiger partial charge in [0.2, 0.25) is 0 Å². The fourth-order valence-corrected chi connectivity index (χ4v) is 10.9. The number of rotatable bonds is 2. The van der Waals surface area contributed by atoms with Crippen LogP contribution < -0.4 is 0 Å². The monoisotopic (exact) mass is 480 g/mol. The zero-order valence-corrected chi connectivity index (χ0v) is 21.6. The third-order valence-electron chi connectivity index (χ3n) is 7.97. The van der Waals surface area contributed by atoms with Crippen LogP contribution in [0.15, 0.2) is 112 Å². The summed E-state index contributed by atoms with van der Waals surface area (Å²) in [7, 11) is 0. The van der Waals surface area contributed by atoms with E-state index in [4.69, 9.17) is 0 Å². The van der Waals surface area contributed by atoms with E-state index in [1.807, 2.05) is 0 Å². The Hall–Kier alpha value is -1.72. The minimum absolute atomic E-state index is 0.0703. The van der Waals surface area contributed by atoms with Crippen LogP contribution in [0.3, 0.4) is 0 Å². The molecule has 2 atom stereocenters. The topological polar surface area (TPSA) is 0 Å². The van der Waals surface area contributed by atoms with E-state index in [0.29, 0.717) is 0 Å². The van der Waals surface area contributed by atoms with Gasteiger partial charge in [-0.25, -0.2) is 0 Å². The maximum atomic E-state index is 2.54. The van der Waals surface area contributed by atoms with Crippen LogP contribution in [0.5, 0.6) is 0 Å². The average molecular weight is 482 g/mol. The number of allylic oxidation sites excluding steroid dienone is 20. The van der Waals surface area contributed by atoms with Gasteiger partial charge >= 0.3 is 199 Å². The minimum atomic E-state index is -0.861. The molecule has 154 valence electrons. The van der Waals surface area contributed by atoms with E-state index < -0.39 is 23.2 Å². The standard InChI is InChI=1S/2C15H15.Zr/c2*1-11-9-12(2)14-7-3-5-13-6-4-8-15(13,14)10-11;/h2*4,7-10H,3,5H2,1-2H3;. The van der Waals surface area contributed by atoms with E-state index in [0.717, 1.165) is 0 Å². The fraction of sp³-hybridized carbons (Fsp3) is 0.333. The molecule has 0 aromatic rings. The quantitative estimate of drug-likeness (QED) is 0.375. The molecule has 0 saturated carbocycles.